The van der Waals surface area contributed by atoms with Gasteiger partial charge >= 0.3 is 0 Å². The molecule has 2 aliphatic carbocycles. The van der Waals surface area contributed by atoms with Crippen molar-refractivity contribution >= 4 is 0 Å². The Labute approximate surface area is 186 Å². The molecule has 30 heavy (non-hydrogen) atoms. The molecular formula is C27H49N3. The second-order valence-electron chi connectivity index (χ2n) is 14.0. The van der Waals surface area contributed by atoms with Crippen LogP contribution in [0.15, 0.2) is 0 Å². The van der Waals surface area contributed by atoms with E-state index < -0.39 is 0 Å². The normalized spacial score (nSPS) is 44.0. The van der Waals surface area contributed by atoms with Crippen LogP contribution in [0.4, 0.5) is 0 Å². The minimum absolute atomic E-state index is 0.361. The fraction of sp³-hybridized carbons (Fsp3) is 1.00. The first-order chi connectivity index (χ1) is 14.1. The molecule has 0 spiro atoms. The van der Waals surface area contributed by atoms with Crippen LogP contribution >= 0.6 is 0 Å². The predicted molar refractivity (Wildman–Crippen MR) is 127 cm³/mol. The largest absolute Gasteiger partial charge is 0.300 e. The second kappa shape index (κ2) is 7.73. The monoisotopic (exact) mass is 415 g/mol. The SMILES string of the molecule is CC(C)(C)C1CCCN(C2CC3CN(C4CC5CN(C(C)(C)C)CC5C4)CC3C2)C1. The average molecular weight is 416 g/mol. The molecule has 3 aliphatic heterocycles. The number of nitrogens with zero attached hydrogens (tertiary/aromatic N) is 3. The lowest BCUT2D eigenvalue weighted by Gasteiger charge is -2.42. The van der Waals surface area contributed by atoms with Crippen molar-refractivity contribution in [2.75, 3.05) is 39.3 Å². The predicted octanol–water partition coefficient (Wildman–Crippen LogP) is 4.96. The van der Waals surface area contributed by atoms with Crippen molar-refractivity contribution in [1.82, 2.24) is 14.7 Å². The van der Waals surface area contributed by atoms with Gasteiger partial charge in [-0.15, -0.1) is 0 Å². The van der Waals surface area contributed by atoms with Crippen LogP contribution < -0.4 is 0 Å². The third-order valence-corrected chi connectivity index (χ3v) is 10.1. The molecule has 0 amide bonds. The van der Waals surface area contributed by atoms with Crippen LogP contribution in [0.5, 0.6) is 0 Å². The van der Waals surface area contributed by atoms with Crippen molar-refractivity contribution < 1.29 is 0 Å². The van der Waals surface area contributed by atoms with Crippen LogP contribution in [0.3, 0.4) is 0 Å². The summed E-state index contributed by atoms with van der Waals surface area (Å²) in [4.78, 5) is 8.63. The molecule has 0 N–H and O–H groups in total. The summed E-state index contributed by atoms with van der Waals surface area (Å²) in [6, 6.07) is 1.81. The fourth-order valence-electron chi connectivity index (χ4n) is 8.06. The van der Waals surface area contributed by atoms with Gasteiger partial charge in [0.15, 0.2) is 0 Å². The van der Waals surface area contributed by atoms with E-state index >= 15 is 0 Å². The topological polar surface area (TPSA) is 9.72 Å². The van der Waals surface area contributed by atoms with Gasteiger partial charge < -0.3 is 4.90 Å². The Morgan fingerprint density at radius 1 is 0.600 bits per heavy atom. The Balaban J connectivity index is 1.12. The van der Waals surface area contributed by atoms with E-state index in [0.29, 0.717) is 11.0 Å². The summed E-state index contributed by atoms with van der Waals surface area (Å²) < 4.78 is 0. The molecule has 0 radical (unpaired) electrons. The number of hydrogen-bond donors (Lipinski definition) is 0. The highest BCUT2D eigenvalue weighted by molar-refractivity contribution is 5.03. The van der Waals surface area contributed by atoms with Gasteiger partial charge in [-0.05, 0) is 101 Å². The lowest BCUT2D eigenvalue weighted by Crippen LogP contribution is -2.45. The van der Waals surface area contributed by atoms with Gasteiger partial charge in [-0.1, -0.05) is 20.8 Å². The molecule has 5 aliphatic rings. The van der Waals surface area contributed by atoms with Crippen molar-refractivity contribution in [3.8, 4) is 0 Å². The van der Waals surface area contributed by atoms with Crippen molar-refractivity contribution in [3.63, 3.8) is 0 Å². The summed E-state index contributed by atoms with van der Waals surface area (Å²) in [6.07, 6.45) is 8.84. The van der Waals surface area contributed by atoms with E-state index in [4.69, 9.17) is 0 Å². The van der Waals surface area contributed by atoms with Crippen LogP contribution in [-0.2, 0) is 0 Å². The first kappa shape index (κ1) is 21.7. The number of rotatable bonds is 2. The zero-order valence-electron chi connectivity index (χ0n) is 20.9. The molecule has 5 fully saturated rings. The standard InChI is InChI=1S/C27H49N3/c1-26(2,3)23-8-7-9-28(18-23)24-10-19-14-29(15-20(19)11-24)25-12-21-16-30(27(4,5)6)17-22(21)13-25/h19-25H,7-18H2,1-6H3. The Bertz CT molecular complexity index is 589. The molecule has 5 rings (SSSR count). The Kier molecular flexibility index (Phi) is 5.60. The van der Waals surface area contributed by atoms with Gasteiger partial charge in [-0.3, -0.25) is 9.80 Å². The van der Waals surface area contributed by atoms with E-state index in [-0.39, 0.29) is 0 Å². The maximum Gasteiger partial charge on any atom is 0.0125 e. The lowest BCUT2D eigenvalue weighted by atomic mass is 9.76. The van der Waals surface area contributed by atoms with Crippen molar-refractivity contribution in [2.24, 2.45) is 35.0 Å². The summed E-state index contributed by atoms with van der Waals surface area (Å²) >= 11 is 0. The van der Waals surface area contributed by atoms with Crippen molar-refractivity contribution in [3.05, 3.63) is 0 Å². The van der Waals surface area contributed by atoms with E-state index in [0.717, 1.165) is 41.7 Å². The van der Waals surface area contributed by atoms with Crippen LogP contribution in [0.25, 0.3) is 0 Å². The zero-order valence-corrected chi connectivity index (χ0v) is 20.9. The van der Waals surface area contributed by atoms with Crippen LogP contribution in [0, 0.1) is 35.0 Å². The molecule has 172 valence electrons. The summed E-state index contributed by atoms with van der Waals surface area (Å²) in [6.45, 7) is 22.9. The smallest absolute Gasteiger partial charge is 0.0125 e. The molecule has 3 heterocycles. The maximum absolute atomic E-state index is 2.96. The first-order valence-electron chi connectivity index (χ1n) is 13.3. The van der Waals surface area contributed by atoms with Crippen molar-refractivity contribution in [1.29, 1.82) is 0 Å². The Hall–Kier alpha value is -0.120. The van der Waals surface area contributed by atoms with Gasteiger partial charge in [0, 0.05) is 50.3 Å². The molecule has 5 atom stereocenters. The highest BCUT2D eigenvalue weighted by Gasteiger charge is 2.49. The zero-order chi connectivity index (χ0) is 21.3. The average Bonchev–Trinajstić information content (AvgIpc) is 3.37. The summed E-state index contributed by atoms with van der Waals surface area (Å²) in [5.41, 5.74) is 0.840. The molecule has 0 bridgehead atoms. The van der Waals surface area contributed by atoms with E-state index in [1.54, 1.807) is 0 Å². The Morgan fingerprint density at radius 3 is 1.60 bits per heavy atom. The summed E-state index contributed by atoms with van der Waals surface area (Å²) in [7, 11) is 0. The molecule has 0 aromatic heterocycles. The van der Waals surface area contributed by atoms with E-state index in [2.05, 4.69) is 56.2 Å². The number of piperidine rings is 1. The Morgan fingerprint density at radius 2 is 1.10 bits per heavy atom. The van der Waals surface area contributed by atoms with Gasteiger partial charge in [0.25, 0.3) is 0 Å². The highest BCUT2D eigenvalue weighted by Crippen LogP contribution is 2.47. The third kappa shape index (κ3) is 4.13. The molecule has 5 unspecified atom stereocenters. The molecule has 3 heteroatoms. The van der Waals surface area contributed by atoms with Gasteiger partial charge in [0.2, 0.25) is 0 Å². The summed E-state index contributed by atoms with van der Waals surface area (Å²) in [5, 5.41) is 0. The van der Waals surface area contributed by atoms with Crippen LogP contribution in [0.2, 0.25) is 0 Å². The molecule has 0 aromatic rings. The van der Waals surface area contributed by atoms with Crippen molar-refractivity contribution in [2.45, 2.75) is 97.7 Å². The number of hydrogen-bond acceptors (Lipinski definition) is 3. The molecule has 3 nitrogen and oxygen atoms in total. The molecular weight excluding hydrogens is 366 g/mol. The summed E-state index contributed by atoms with van der Waals surface area (Å²) in [5.74, 6) is 4.84. The minimum atomic E-state index is 0.361. The molecule has 0 aromatic carbocycles. The van der Waals surface area contributed by atoms with Crippen LogP contribution in [0.1, 0.15) is 80.1 Å². The van der Waals surface area contributed by atoms with Gasteiger partial charge in [0.05, 0.1) is 0 Å². The van der Waals surface area contributed by atoms with Gasteiger partial charge in [-0.25, -0.2) is 0 Å². The first-order valence-corrected chi connectivity index (χ1v) is 13.3. The fourth-order valence-corrected chi connectivity index (χ4v) is 8.06. The van der Waals surface area contributed by atoms with E-state index in [1.807, 2.05) is 0 Å². The van der Waals surface area contributed by atoms with Gasteiger partial charge in [0.1, 0.15) is 0 Å². The van der Waals surface area contributed by atoms with Crippen LogP contribution in [-0.4, -0.2) is 71.6 Å². The second-order valence-corrected chi connectivity index (χ2v) is 14.0. The van der Waals surface area contributed by atoms with E-state index in [1.165, 1.54) is 77.8 Å². The minimum Gasteiger partial charge on any atom is -0.300 e. The van der Waals surface area contributed by atoms with Gasteiger partial charge in [-0.2, -0.15) is 0 Å². The maximum atomic E-state index is 2.96. The molecule has 2 saturated carbocycles. The number of fused-ring (bicyclic) bond motifs is 2. The highest BCUT2D eigenvalue weighted by atomic mass is 15.2. The quantitative estimate of drug-likeness (QED) is 0.631. The number of likely N-dealkylation sites (tertiary alicyclic amines) is 3. The van der Waals surface area contributed by atoms with E-state index in [9.17, 15) is 0 Å². The molecule has 3 saturated heterocycles. The third-order valence-electron chi connectivity index (χ3n) is 10.1. The lowest BCUT2D eigenvalue weighted by molar-refractivity contribution is 0.0644.